The van der Waals surface area contributed by atoms with Crippen LogP contribution in [0.3, 0.4) is 0 Å². The number of carbonyl (C=O) groups is 2. The van der Waals surface area contributed by atoms with Crippen molar-refractivity contribution in [3.05, 3.63) is 74.3 Å². The topological polar surface area (TPSA) is 80.8 Å². The van der Waals surface area contributed by atoms with Crippen molar-refractivity contribution in [1.82, 2.24) is 4.98 Å². The molecule has 0 fully saturated rings. The van der Waals surface area contributed by atoms with Gasteiger partial charge in [-0.3, -0.25) is 9.59 Å². The smallest absolute Gasteiger partial charge is 0.231 e. The number of aromatic nitrogens is 1. The molecule has 4 heterocycles. The van der Waals surface area contributed by atoms with Gasteiger partial charge in [-0.15, -0.1) is 22.7 Å². The summed E-state index contributed by atoms with van der Waals surface area (Å²) in [7, 11) is 2.12. The van der Waals surface area contributed by atoms with Crippen molar-refractivity contribution in [1.29, 1.82) is 0 Å². The van der Waals surface area contributed by atoms with Gasteiger partial charge in [-0.05, 0) is 72.7 Å². The minimum absolute atomic E-state index is 0.0975. The summed E-state index contributed by atoms with van der Waals surface area (Å²) in [5.74, 6) is 1.31. The molecule has 0 unspecified atom stereocenters. The molecule has 1 N–H and O–H groups in total. The van der Waals surface area contributed by atoms with E-state index >= 15 is 0 Å². The summed E-state index contributed by atoms with van der Waals surface area (Å²) < 4.78 is 10.7. The van der Waals surface area contributed by atoms with Gasteiger partial charge in [-0.1, -0.05) is 12.1 Å². The molecule has 0 radical (unpaired) electrons. The first kappa shape index (κ1) is 25.0. The van der Waals surface area contributed by atoms with E-state index in [-0.39, 0.29) is 19.1 Å². The van der Waals surface area contributed by atoms with Crippen molar-refractivity contribution < 1.29 is 19.1 Å². The zero-order chi connectivity index (χ0) is 25.9. The van der Waals surface area contributed by atoms with Crippen molar-refractivity contribution in [2.24, 2.45) is 0 Å². The Bertz CT molecular complexity index is 1460. The molecule has 2 aromatic carbocycles. The molecule has 0 spiro atoms. The second kappa shape index (κ2) is 10.7. The van der Waals surface area contributed by atoms with Gasteiger partial charge in [0.1, 0.15) is 0 Å². The number of fused-ring (bicyclic) bond motifs is 2. The Labute approximate surface area is 223 Å². The number of hydrogen-bond acceptors (Lipinski definition) is 8. The summed E-state index contributed by atoms with van der Waals surface area (Å²) in [6, 6.07) is 14.0. The van der Waals surface area contributed by atoms with Crippen LogP contribution in [0.2, 0.25) is 0 Å². The number of thiophene rings is 1. The predicted octanol–water partition coefficient (Wildman–Crippen LogP) is 5.89. The number of hydrogen-bond donors (Lipinski definition) is 1. The van der Waals surface area contributed by atoms with E-state index in [4.69, 9.17) is 14.5 Å². The summed E-state index contributed by atoms with van der Waals surface area (Å²) in [5, 5.41) is 5.48. The monoisotopic (exact) mass is 533 g/mol. The molecule has 4 aromatic rings. The van der Waals surface area contributed by atoms with E-state index in [1.807, 2.05) is 43.5 Å². The number of carbonyl (C=O) groups excluding carboxylic acids is 2. The molecule has 7 nitrogen and oxygen atoms in total. The molecule has 0 saturated carbocycles. The van der Waals surface area contributed by atoms with Gasteiger partial charge in [0, 0.05) is 29.7 Å². The number of ether oxygens (including phenoxy) is 2. The second-order valence-electron chi connectivity index (χ2n) is 8.94. The first-order valence-electron chi connectivity index (χ1n) is 11.9. The standard InChI is InChI=1S/C22H21N3O3S.C6H6OS/c1-13-21(16-4-5-17-15(11-16)7-8-25(17)2)24-22(29-13)23-20(26)10-14-3-6-18-19(9-14)28-12-27-18;1-5-2-3-8-6(5)4-7/h3-6,9,11H,7-8,10,12H2,1-2H3,(H,23,24,26);2-4H,1H3. The lowest BCUT2D eigenvalue weighted by Gasteiger charge is -2.11. The summed E-state index contributed by atoms with van der Waals surface area (Å²) in [4.78, 5) is 31.5. The Morgan fingerprint density at radius 1 is 1.14 bits per heavy atom. The van der Waals surface area contributed by atoms with Crippen LogP contribution >= 0.6 is 22.7 Å². The summed E-state index contributed by atoms with van der Waals surface area (Å²) in [6.07, 6.45) is 2.21. The van der Waals surface area contributed by atoms with E-state index in [2.05, 4.69) is 35.5 Å². The Kier molecular flexibility index (Phi) is 7.25. The molecule has 6 rings (SSSR count). The summed E-state index contributed by atoms with van der Waals surface area (Å²) in [5.41, 5.74) is 6.63. The molecular weight excluding hydrogens is 506 g/mol. The number of aryl methyl sites for hydroxylation is 2. The van der Waals surface area contributed by atoms with Crippen molar-refractivity contribution in [3.8, 4) is 22.8 Å². The number of thiazole rings is 1. The number of rotatable bonds is 5. The molecule has 2 aromatic heterocycles. The van der Waals surface area contributed by atoms with E-state index in [0.29, 0.717) is 10.9 Å². The van der Waals surface area contributed by atoms with Gasteiger partial charge >= 0.3 is 0 Å². The maximum Gasteiger partial charge on any atom is 0.231 e. The number of anilines is 2. The van der Waals surface area contributed by atoms with Crippen LogP contribution in [0, 0.1) is 13.8 Å². The van der Waals surface area contributed by atoms with E-state index in [9.17, 15) is 9.59 Å². The highest BCUT2D eigenvalue weighted by Gasteiger charge is 2.19. The number of nitrogens with one attached hydrogen (secondary N) is 1. The van der Waals surface area contributed by atoms with Crippen LogP contribution < -0.4 is 19.7 Å². The summed E-state index contributed by atoms with van der Waals surface area (Å²) in [6.45, 7) is 5.25. The Morgan fingerprint density at radius 2 is 1.97 bits per heavy atom. The fraction of sp³-hybridized carbons (Fsp3) is 0.250. The molecule has 9 heteroatoms. The van der Waals surface area contributed by atoms with Crippen molar-refractivity contribution in [2.45, 2.75) is 26.7 Å². The third-order valence-corrected chi connectivity index (χ3v) is 8.16. The van der Waals surface area contributed by atoms with Gasteiger partial charge < -0.3 is 19.7 Å². The fourth-order valence-corrected chi connectivity index (χ4v) is 5.92. The minimum Gasteiger partial charge on any atom is -0.454 e. The van der Waals surface area contributed by atoms with Gasteiger partial charge in [0.25, 0.3) is 0 Å². The molecule has 0 aliphatic carbocycles. The number of benzene rings is 2. The third-order valence-electron chi connectivity index (χ3n) is 6.33. The minimum atomic E-state index is -0.0975. The molecule has 37 heavy (non-hydrogen) atoms. The number of nitrogens with zero attached hydrogens (tertiary/aromatic N) is 2. The predicted molar refractivity (Wildman–Crippen MR) is 149 cm³/mol. The molecule has 0 atom stereocenters. The number of amides is 1. The molecule has 0 saturated heterocycles. The first-order valence-corrected chi connectivity index (χ1v) is 13.6. The average Bonchev–Trinajstić information content (AvgIpc) is 3.67. The first-order chi connectivity index (χ1) is 17.9. The normalized spacial score (nSPS) is 13.1. The van der Waals surface area contributed by atoms with Crippen LogP contribution in [-0.2, 0) is 17.6 Å². The fourth-order valence-electron chi connectivity index (χ4n) is 4.34. The van der Waals surface area contributed by atoms with Gasteiger partial charge in [0.2, 0.25) is 12.7 Å². The quantitative estimate of drug-likeness (QED) is 0.322. The third kappa shape index (κ3) is 5.52. The Morgan fingerprint density at radius 3 is 2.73 bits per heavy atom. The molecular formula is C28H27N3O4S2. The van der Waals surface area contributed by atoms with Crippen LogP contribution in [-0.4, -0.2) is 37.6 Å². The molecule has 1 amide bonds. The largest absolute Gasteiger partial charge is 0.454 e. The highest BCUT2D eigenvalue weighted by molar-refractivity contribution is 7.16. The Hall–Kier alpha value is -3.69. The van der Waals surface area contributed by atoms with Gasteiger partial charge in [0.05, 0.1) is 17.0 Å². The highest BCUT2D eigenvalue weighted by Crippen LogP contribution is 2.36. The second-order valence-corrected chi connectivity index (χ2v) is 11.1. The van der Waals surface area contributed by atoms with Gasteiger partial charge in [-0.25, -0.2) is 4.98 Å². The van der Waals surface area contributed by atoms with Crippen molar-refractivity contribution in [2.75, 3.05) is 30.6 Å². The lowest BCUT2D eigenvalue weighted by Crippen LogP contribution is -2.14. The molecule has 0 bridgehead atoms. The molecule has 2 aliphatic heterocycles. The number of likely N-dealkylation sites (N-methyl/N-ethyl adjacent to an activating group) is 1. The number of aldehydes is 1. The molecule has 190 valence electrons. The maximum absolute atomic E-state index is 12.5. The van der Waals surface area contributed by atoms with E-state index < -0.39 is 0 Å². The zero-order valence-electron chi connectivity index (χ0n) is 20.9. The van der Waals surface area contributed by atoms with Crippen LogP contribution in [0.15, 0.2) is 47.8 Å². The van der Waals surface area contributed by atoms with Crippen LogP contribution in [0.4, 0.5) is 10.8 Å². The van der Waals surface area contributed by atoms with Gasteiger partial charge in [-0.2, -0.15) is 0 Å². The summed E-state index contributed by atoms with van der Waals surface area (Å²) >= 11 is 2.99. The van der Waals surface area contributed by atoms with Crippen LogP contribution in [0.5, 0.6) is 11.5 Å². The van der Waals surface area contributed by atoms with Gasteiger partial charge in [0.15, 0.2) is 22.9 Å². The maximum atomic E-state index is 12.5. The lowest BCUT2D eigenvalue weighted by molar-refractivity contribution is -0.115. The van der Waals surface area contributed by atoms with Crippen LogP contribution in [0.25, 0.3) is 11.3 Å². The Balaban J connectivity index is 0.000000301. The van der Waals surface area contributed by atoms with E-state index in [1.165, 1.54) is 33.9 Å². The van der Waals surface area contributed by atoms with Crippen LogP contribution in [0.1, 0.15) is 31.2 Å². The van der Waals surface area contributed by atoms with E-state index in [1.54, 1.807) is 0 Å². The SMILES string of the molecule is Cc1ccsc1C=O.Cc1sc(NC(=O)Cc2ccc3c(c2)OCO3)nc1-c1ccc2c(c1)CCN2C. The van der Waals surface area contributed by atoms with Crippen molar-refractivity contribution in [3.63, 3.8) is 0 Å². The zero-order valence-corrected chi connectivity index (χ0v) is 22.5. The van der Waals surface area contributed by atoms with Crippen molar-refractivity contribution >= 4 is 45.7 Å². The molecule has 2 aliphatic rings. The average molecular weight is 534 g/mol. The highest BCUT2D eigenvalue weighted by atomic mass is 32.1. The lowest BCUT2D eigenvalue weighted by atomic mass is 10.1. The van der Waals surface area contributed by atoms with E-state index in [0.717, 1.165) is 57.1 Å².